The van der Waals surface area contributed by atoms with Crippen molar-refractivity contribution in [2.75, 3.05) is 11.9 Å². The van der Waals surface area contributed by atoms with Crippen molar-refractivity contribution in [2.45, 2.75) is 19.3 Å². The fourth-order valence-electron chi connectivity index (χ4n) is 2.75. The zero-order valence-corrected chi connectivity index (χ0v) is 14.1. The van der Waals surface area contributed by atoms with E-state index in [4.69, 9.17) is 11.6 Å². The molecule has 0 fully saturated rings. The molecule has 1 aromatic carbocycles. The van der Waals surface area contributed by atoms with Gasteiger partial charge in [-0.25, -0.2) is 0 Å². The number of halogens is 1. The first-order valence-electron chi connectivity index (χ1n) is 7.98. The van der Waals surface area contributed by atoms with Gasteiger partial charge in [0.1, 0.15) is 5.02 Å². The number of nitrogens with one attached hydrogen (secondary N) is 1. The Balaban J connectivity index is 1.78. The van der Waals surface area contributed by atoms with Gasteiger partial charge < -0.3 is 5.32 Å². The van der Waals surface area contributed by atoms with Gasteiger partial charge in [-0.3, -0.25) is 14.9 Å². The van der Waals surface area contributed by atoms with Gasteiger partial charge in [0.25, 0.3) is 11.2 Å². The lowest BCUT2D eigenvalue weighted by Crippen LogP contribution is -2.24. The minimum Gasteiger partial charge on any atom is -0.382 e. The largest absolute Gasteiger partial charge is 0.382 e. The second kappa shape index (κ2) is 7.48. The number of anilines is 1. The maximum absolute atomic E-state index is 12.4. The molecule has 2 aromatic rings. The van der Waals surface area contributed by atoms with E-state index >= 15 is 0 Å². The molecule has 0 saturated carbocycles. The Hall–Kier alpha value is -2.67. The van der Waals surface area contributed by atoms with E-state index in [1.807, 2.05) is 0 Å². The van der Waals surface area contributed by atoms with E-state index in [0.717, 1.165) is 30.5 Å². The highest BCUT2D eigenvalue weighted by Gasteiger charge is 2.14. The standard InChI is InChI=1S/C17H17ClN4O3/c18-16-15(19-10-12-4-2-1-3-5-12)11-20-21(17(16)23)13-6-8-14(9-7-13)22(24)25/h1-2,6-9,11-12,19H,3-5,10H2. The molecule has 1 heterocycles. The van der Waals surface area contributed by atoms with Gasteiger partial charge in [-0.2, -0.15) is 9.78 Å². The number of rotatable bonds is 5. The Morgan fingerprint density at radius 2 is 2.08 bits per heavy atom. The monoisotopic (exact) mass is 360 g/mol. The lowest BCUT2D eigenvalue weighted by molar-refractivity contribution is -0.384. The van der Waals surface area contributed by atoms with Gasteiger partial charge in [-0.05, 0) is 37.3 Å². The van der Waals surface area contributed by atoms with Crippen molar-refractivity contribution in [3.8, 4) is 5.69 Å². The van der Waals surface area contributed by atoms with Crippen molar-refractivity contribution in [3.05, 3.63) is 68.1 Å². The summed E-state index contributed by atoms with van der Waals surface area (Å²) in [5.41, 5.74) is 0.396. The molecule has 1 aliphatic carbocycles. The molecule has 1 aromatic heterocycles. The average Bonchev–Trinajstić information content (AvgIpc) is 2.64. The molecule has 0 saturated heterocycles. The summed E-state index contributed by atoms with van der Waals surface area (Å²) in [6.07, 6.45) is 9.04. The number of nitrogens with zero attached hydrogens (tertiary/aromatic N) is 3. The van der Waals surface area contributed by atoms with E-state index in [0.29, 0.717) is 17.3 Å². The summed E-state index contributed by atoms with van der Waals surface area (Å²) in [5, 5.41) is 18.1. The van der Waals surface area contributed by atoms with E-state index < -0.39 is 10.5 Å². The Kier molecular flexibility index (Phi) is 5.14. The van der Waals surface area contributed by atoms with Crippen molar-refractivity contribution < 1.29 is 4.92 Å². The summed E-state index contributed by atoms with van der Waals surface area (Å²) in [7, 11) is 0. The molecule has 1 N–H and O–H groups in total. The Labute approximate surface area is 149 Å². The molecule has 130 valence electrons. The topological polar surface area (TPSA) is 90.1 Å². The predicted molar refractivity (Wildman–Crippen MR) is 96.5 cm³/mol. The smallest absolute Gasteiger partial charge is 0.292 e. The molecular formula is C17H17ClN4O3. The molecule has 1 aliphatic rings. The van der Waals surface area contributed by atoms with Crippen LogP contribution in [0.4, 0.5) is 11.4 Å². The number of allylic oxidation sites excluding steroid dienone is 2. The molecule has 0 aliphatic heterocycles. The summed E-state index contributed by atoms with van der Waals surface area (Å²) in [4.78, 5) is 22.6. The normalized spacial score (nSPS) is 16.6. The fourth-order valence-corrected chi connectivity index (χ4v) is 2.95. The molecule has 0 spiro atoms. The first-order chi connectivity index (χ1) is 12.1. The highest BCUT2D eigenvalue weighted by atomic mass is 35.5. The maximum atomic E-state index is 12.4. The zero-order chi connectivity index (χ0) is 17.8. The van der Waals surface area contributed by atoms with Crippen LogP contribution in [0.5, 0.6) is 0 Å². The molecule has 1 unspecified atom stereocenters. The number of hydrogen-bond acceptors (Lipinski definition) is 5. The molecular weight excluding hydrogens is 344 g/mol. The highest BCUT2D eigenvalue weighted by molar-refractivity contribution is 6.32. The van der Waals surface area contributed by atoms with Crippen LogP contribution in [0.15, 0.2) is 47.4 Å². The highest BCUT2D eigenvalue weighted by Crippen LogP contribution is 2.22. The second-order valence-corrected chi connectivity index (χ2v) is 6.27. The number of nitro groups is 1. The molecule has 8 heteroatoms. The second-order valence-electron chi connectivity index (χ2n) is 5.89. The third-order valence-electron chi connectivity index (χ3n) is 4.18. The lowest BCUT2D eigenvalue weighted by atomic mass is 9.94. The SMILES string of the molecule is O=c1c(Cl)c(NCC2CC=CCC2)cnn1-c1ccc([N+](=O)[O-])cc1. The van der Waals surface area contributed by atoms with Crippen LogP contribution in [0.25, 0.3) is 5.69 Å². The van der Waals surface area contributed by atoms with E-state index in [1.54, 1.807) is 0 Å². The van der Waals surface area contributed by atoms with Crippen LogP contribution in [0.2, 0.25) is 5.02 Å². The quantitative estimate of drug-likeness (QED) is 0.500. The number of hydrogen-bond donors (Lipinski definition) is 1. The molecule has 7 nitrogen and oxygen atoms in total. The third-order valence-corrected chi connectivity index (χ3v) is 4.55. The molecule has 3 rings (SSSR count). The first kappa shape index (κ1) is 17.2. The average molecular weight is 361 g/mol. The maximum Gasteiger partial charge on any atom is 0.292 e. The van der Waals surface area contributed by atoms with Crippen LogP contribution in [-0.4, -0.2) is 21.2 Å². The number of benzene rings is 1. The molecule has 0 radical (unpaired) electrons. The van der Waals surface area contributed by atoms with Gasteiger partial charge in [0.15, 0.2) is 0 Å². The van der Waals surface area contributed by atoms with Crippen molar-refractivity contribution >= 4 is 23.0 Å². The molecule has 1 atom stereocenters. The van der Waals surface area contributed by atoms with Crippen molar-refractivity contribution in [1.29, 1.82) is 0 Å². The van der Waals surface area contributed by atoms with Crippen LogP contribution < -0.4 is 10.9 Å². The number of aromatic nitrogens is 2. The minimum atomic E-state index is -0.500. The first-order valence-corrected chi connectivity index (χ1v) is 8.35. The van der Waals surface area contributed by atoms with Gasteiger partial charge in [-0.15, -0.1) is 0 Å². The van der Waals surface area contributed by atoms with Gasteiger partial charge >= 0.3 is 0 Å². The van der Waals surface area contributed by atoms with Crippen LogP contribution in [0.3, 0.4) is 0 Å². The van der Waals surface area contributed by atoms with Gasteiger partial charge in [0, 0.05) is 18.7 Å². The van der Waals surface area contributed by atoms with E-state index in [9.17, 15) is 14.9 Å². The fraction of sp³-hybridized carbons (Fsp3) is 0.294. The van der Waals surface area contributed by atoms with Crippen molar-refractivity contribution in [2.24, 2.45) is 5.92 Å². The van der Waals surface area contributed by atoms with Crippen LogP contribution in [-0.2, 0) is 0 Å². The summed E-state index contributed by atoms with van der Waals surface area (Å²) in [5.74, 6) is 0.512. The van der Waals surface area contributed by atoms with E-state index in [-0.39, 0.29) is 10.7 Å². The van der Waals surface area contributed by atoms with Gasteiger partial charge in [-0.1, -0.05) is 23.8 Å². The van der Waals surface area contributed by atoms with Crippen LogP contribution >= 0.6 is 11.6 Å². The molecule has 25 heavy (non-hydrogen) atoms. The Morgan fingerprint density at radius 3 is 2.72 bits per heavy atom. The molecule has 0 amide bonds. The summed E-state index contributed by atoms with van der Waals surface area (Å²) in [6, 6.07) is 5.56. The number of nitro benzene ring substituents is 1. The Morgan fingerprint density at radius 1 is 1.32 bits per heavy atom. The third kappa shape index (κ3) is 3.88. The van der Waals surface area contributed by atoms with E-state index in [1.165, 1.54) is 30.5 Å². The minimum absolute atomic E-state index is 0.0530. The van der Waals surface area contributed by atoms with Crippen LogP contribution in [0, 0.1) is 16.0 Å². The van der Waals surface area contributed by atoms with Gasteiger partial charge in [0.2, 0.25) is 0 Å². The lowest BCUT2D eigenvalue weighted by Gasteiger charge is -2.19. The van der Waals surface area contributed by atoms with Gasteiger partial charge in [0.05, 0.1) is 22.5 Å². The Bertz CT molecular complexity index is 861. The zero-order valence-electron chi connectivity index (χ0n) is 13.4. The summed E-state index contributed by atoms with van der Waals surface area (Å²) >= 11 is 6.19. The summed E-state index contributed by atoms with van der Waals surface area (Å²) in [6.45, 7) is 0.729. The van der Waals surface area contributed by atoms with Crippen molar-refractivity contribution in [1.82, 2.24) is 9.78 Å². The summed E-state index contributed by atoms with van der Waals surface area (Å²) < 4.78 is 1.13. The number of non-ortho nitro benzene ring substituents is 1. The van der Waals surface area contributed by atoms with Crippen LogP contribution in [0.1, 0.15) is 19.3 Å². The van der Waals surface area contributed by atoms with Crippen molar-refractivity contribution in [3.63, 3.8) is 0 Å². The predicted octanol–water partition coefficient (Wildman–Crippen LogP) is 3.56. The van der Waals surface area contributed by atoms with E-state index in [2.05, 4.69) is 22.6 Å². The molecule has 0 bridgehead atoms.